The van der Waals surface area contributed by atoms with Crippen LogP contribution >= 0.6 is 0 Å². The van der Waals surface area contributed by atoms with E-state index in [1.165, 1.54) is 16.5 Å². The van der Waals surface area contributed by atoms with E-state index >= 15 is 0 Å². The third-order valence-corrected chi connectivity index (χ3v) is 5.23. The van der Waals surface area contributed by atoms with E-state index in [4.69, 9.17) is 4.98 Å². The summed E-state index contributed by atoms with van der Waals surface area (Å²) in [5.41, 5.74) is 5.29. The summed E-state index contributed by atoms with van der Waals surface area (Å²) < 4.78 is 1.77. The molecule has 3 heteroatoms. The van der Waals surface area contributed by atoms with Gasteiger partial charge in [0.05, 0.1) is 11.0 Å². The molecule has 5 aromatic rings. The van der Waals surface area contributed by atoms with Crippen LogP contribution in [0.4, 0.5) is 0 Å². The number of fused-ring (bicyclic) bond motifs is 4. The highest BCUT2D eigenvalue weighted by atomic mass is 16.1. The van der Waals surface area contributed by atoms with Crippen LogP contribution in [0.15, 0.2) is 53.3 Å². The largest absolute Gasteiger partial charge is 0.268 e. The minimum absolute atomic E-state index is 0.0387. The van der Waals surface area contributed by atoms with Crippen molar-refractivity contribution in [3.05, 3.63) is 70.0 Å². The molecule has 0 fully saturated rings. The quantitative estimate of drug-likeness (QED) is 0.437. The first-order valence-corrected chi connectivity index (χ1v) is 7.93. The van der Waals surface area contributed by atoms with Gasteiger partial charge >= 0.3 is 0 Å². The average Bonchev–Trinajstić information content (AvgIpc) is 3.17. The van der Waals surface area contributed by atoms with Crippen LogP contribution in [-0.4, -0.2) is 9.38 Å². The molecule has 0 amide bonds. The van der Waals surface area contributed by atoms with Gasteiger partial charge in [-0.2, -0.15) is 0 Å². The molecule has 0 spiro atoms. The van der Waals surface area contributed by atoms with Crippen LogP contribution in [0.2, 0.25) is 0 Å². The van der Waals surface area contributed by atoms with Gasteiger partial charge in [0.25, 0.3) is 5.56 Å². The number of hydrogen-bond donors (Lipinski definition) is 0. The summed E-state index contributed by atoms with van der Waals surface area (Å²) in [6.45, 7) is 0. The van der Waals surface area contributed by atoms with Gasteiger partial charge in [-0.1, -0.05) is 30.3 Å². The van der Waals surface area contributed by atoms with Crippen molar-refractivity contribution >= 4 is 38.2 Å². The van der Waals surface area contributed by atoms with Crippen molar-refractivity contribution in [3.8, 4) is 0 Å². The van der Waals surface area contributed by atoms with Gasteiger partial charge in [0.1, 0.15) is 5.65 Å². The normalized spacial score (nSPS) is 13.9. The minimum atomic E-state index is 0.0387. The lowest BCUT2D eigenvalue weighted by atomic mass is 9.98. The number of rotatable bonds is 0. The Kier molecular flexibility index (Phi) is 1.86. The monoisotopic (exact) mass is 296 g/mol. The maximum atomic E-state index is 13.1. The van der Waals surface area contributed by atoms with E-state index < -0.39 is 0 Å². The molecular weight excluding hydrogens is 284 g/mol. The zero-order chi connectivity index (χ0) is 15.1. The van der Waals surface area contributed by atoms with E-state index in [1.54, 1.807) is 4.40 Å². The van der Waals surface area contributed by atoms with Crippen molar-refractivity contribution in [1.29, 1.82) is 0 Å². The van der Waals surface area contributed by atoms with E-state index in [-0.39, 0.29) is 5.56 Å². The number of aromatic nitrogens is 2. The van der Waals surface area contributed by atoms with Gasteiger partial charge in [0, 0.05) is 16.2 Å². The van der Waals surface area contributed by atoms with Crippen LogP contribution in [0.5, 0.6) is 0 Å². The third kappa shape index (κ3) is 1.23. The summed E-state index contributed by atoms with van der Waals surface area (Å²) in [4.78, 5) is 17.9. The molecule has 1 aliphatic rings. The zero-order valence-corrected chi connectivity index (χ0v) is 12.3. The van der Waals surface area contributed by atoms with Gasteiger partial charge in [0.2, 0.25) is 0 Å². The summed E-state index contributed by atoms with van der Waals surface area (Å²) in [5.74, 6) is 0. The smallest absolute Gasteiger partial charge is 0.264 e. The molecule has 0 saturated heterocycles. The number of aryl methyl sites for hydroxylation is 2. The lowest BCUT2D eigenvalue weighted by molar-refractivity contribution is 1.02. The van der Waals surface area contributed by atoms with E-state index in [2.05, 4.69) is 18.2 Å². The molecule has 3 nitrogen and oxygen atoms in total. The molecule has 0 N–H and O–H groups in total. The maximum Gasteiger partial charge on any atom is 0.264 e. The van der Waals surface area contributed by atoms with Crippen molar-refractivity contribution in [1.82, 2.24) is 9.38 Å². The van der Waals surface area contributed by atoms with Crippen LogP contribution in [0, 0.1) is 0 Å². The Balaban J connectivity index is 2.05. The highest BCUT2D eigenvalue weighted by Crippen LogP contribution is 2.37. The predicted molar refractivity (Wildman–Crippen MR) is 92.6 cm³/mol. The second-order valence-corrected chi connectivity index (χ2v) is 6.36. The van der Waals surface area contributed by atoms with Gasteiger partial charge in [-0.15, -0.1) is 0 Å². The molecule has 0 saturated carbocycles. The first-order chi connectivity index (χ1) is 11.3. The molecule has 23 heavy (non-hydrogen) atoms. The second kappa shape index (κ2) is 3.69. The van der Waals surface area contributed by atoms with E-state index in [9.17, 15) is 4.79 Å². The van der Waals surface area contributed by atoms with E-state index in [1.807, 2.05) is 30.3 Å². The highest BCUT2D eigenvalue weighted by Gasteiger charge is 2.21. The van der Waals surface area contributed by atoms with Crippen LogP contribution in [0.3, 0.4) is 0 Å². The molecule has 2 heterocycles. The number of nitrogens with zero attached hydrogens (tertiary/aromatic N) is 2. The molecule has 0 bridgehead atoms. The zero-order valence-electron chi connectivity index (χ0n) is 12.3. The van der Waals surface area contributed by atoms with Gasteiger partial charge in [-0.25, -0.2) is 4.98 Å². The van der Waals surface area contributed by atoms with Crippen LogP contribution in [-0.2, 0) is 12.8 Å². The summed E-state index contributed by atoms with van der Waals surface area (Å²) >= 11 is 0. The Morgan fingerprint density at radius 1 is 0.826 bits per heavy atom. The van der Waals surface area contributed by atoms with Crippen molar-refractivity contribution in [2.45, 2.75) is 12.8 Å². The first kappa shape index (κ1) is 11.6. The number of hydrogen-bond acceptors (Lipinski definition) is 2. The Morgan fingerprint density at radius 2 is 1.57 bits per heavy atom. The number of para-hydroxylation sites is 2. The SMILES string of the molecule is O=c1c2ccc3c4c(ccc(c42)c2nc4ccccc4n12)CC3. The predicted octanol–water partition coefficient (Wildman–Crippen LogP) is 3.69. The van der Waals surface area contributed by atoms with E-state index in [0.29, 0.717) is 0 Å². The van der Waals surface area contributed by atoms with Crippen LogP contribution in [0.1, 0.15) is 11.1 Å². The fourth-order valence-electron chi connectivity index (χ4n) is 4.23. The van der Waals surface area contributed by atoms with Crippen molar-refractivity contribution in [3.63, 3.8) is 0 Å². The lowest BCUT2D eigenvalue weighted by Crippen LogP contribution is -2.13. The minimum Gasteiger partial charge on any atom is -0.268 e. The number of imidazole rings is 1. The molecule has 108 valence electrons. The van der Waals surface area contributed by atoms with Gasteiger partial charge in [-0.05, 0) is 47.6 Å². The summed E-state index contributed by atoms with van der Waals surface area (Å²) in [6.07, 6.45) is 2.14. The lowest BCUT2D eigenvalue weighted by Gasteiger charge is -2.09. The van der Waals surface area contributed by atoms with E-state index in [0.717, 1.165) is 45.7 Å². The number of benzene rings is 3. The third-order valence-electron chi connectivity index (χ3n) is 5.23. The Hall–Kier alpha value is -2.94. The fourth-order valence-corrected chi connectivity index (χ4v) is 4.23. The standard InChI is InChI=1S/C20H12N2O/c23-20-14-10-8-12-6-5-11-7-9-13(18(14)17(11)12)19-21-15-3-1-2-4-16(15)22(19)20/h1-4,7-10H,5-6H2. The molecule has 0 atom stereocenters. The van der Waals surface area contributed by atoms with Gasteiger partial charge < -0.3 is 0 Å². The molecule has 0 unspecified atom stereocenters. The number of pyridine rings is 1. The molecule has 6 rings (SSSR count). The van der Waals surface area contributed by atoms with Crippen molar-refractivity contribution < 1.29 is 0 Å². The van der Waals surface area contributed by atoms with Crippen molar-refractivity contribution in [2.75, 3.05) is 0 Å². The molecular formula is C20H12N2O. The maximum absolute atomic E-state index is 13.1. The molecule has 0 aliphatic heterocycles. The average molecular weight is 296 g/mol. The molecule has 2 aromatic heterocycles. The molecule has 0 radical (unpaired) electrons. The van der Waals surface area contributed by atoms with Gasteiger partial charge in [0.15, 0.2) is 0 Å². The Bertz CT molecular complexity index is 1320. The fraction of sp³-hybridized carbons (Fsp3) is 0.100. The molecule has 1 aliphatic carbocycles. The highest BCUT2D eigenvalue weighted by molar-refractivity contribution is 6.17. The molecule has 3 aromatic carbocycles. The summed E-state index contributed by atoms with van der Waals surface area (Å²) in [6, 6.07) is 16.3. The van der Waals surface area contributed by atoms with Gasteiger partial charge in [-0.3, -0.25) is 9.20 Å². The first-order valence-electron chi connectivity index (χ1n) is 7.93. The summed E-state index contributed by atoms with van der Waals surface area (Å²) in [5, 5.41) is 4.27. The van der Waals surface area contributed by atoms with Crippen molar-refractivity contribution in [2.24, 2.45) is 0 Å². The van der Waals surface area contributed by atoms with Crippen LogP contribution < -0.4 is 5.56 Å². The topological polar surface area (TPSA) is 34.4 Å². The second-order valence-electron chi connectivity index (χ2n) is 6.36. The Labute approximate surface area is 131 Å². The van der Waals surface area contributed by atoms with Crippen LogP contribution in [0.25, 0.3) is 38.2 Å². The summed E-state index contributed by atoms with van der Waals surface area (Å²) in [7, 11) is 0. The Morgan fingerprint density at radius 3 is 2.39 bits per heavy atom.